The van der Waals surface area contributed by atoms with E-state index in [-0.39, 0.29) is 10.8 Å². The zero-order valence-corrected chi connectivity index (χ0v) is 15.8. The number of anilines is 1. The summed E-state index contributed by atoms with van der Waals surface area (Å²) in [5.74, 6) is 0.0893. The molecule has 0 atom stereocenters. The molecule has 1 N–H and O–H groups in total. The third-order valence-corrected chi connectivity index (χ3v) is 6.02. The van der Waals surface area contributed by atoms with Crippen molar-refractivity contribution >= 4 is 32.4 Å². The Hall–Kier alpha value is -2.79. The molecule has 0 fully saturated rings. The van der Waals surface area contributed by atoms with Crippen molar-refractivity contribution in [3.63, 3.8) is 0 Å². The maximum absolute atomic E-state index is 12.7. The highest BCUT2D eigenvalue weighted by Crippen LogP contribution is 2.32. The maximum Gasteiger partial charge on any atom is 0.284 e. The van der Waals surface area contributed by atoms with Crippen LogP contribution in [0, 0.1) is 6.92 Å². The van der Waals surface area contributed by atoms with Gasteiger partial charge in [0.2, 0.25) is 11.8 Å². The van der Waals surface area contributed by atoms with Gasteiger partial charge in [0.25, 0.3) is 10.0 Å². The van der Waals surface area contributed by atoms with Crippen LogP contribution in [-0.4, -0.2) is 40.6 Å². The average Bonchev–Trinajstić information content (AvgIpc) is 3.21. The van der Waals surface area contributed by atoms with E-state index in [1.807, 2.05) is 0 Å². The second-order valence-corrected chi connectivity index (χ2v) is 8.05. The highest BCUT2D eigenvalue weighted by Gasteiger charge is 2.21. The first-order valence-corrected chi connectivity index (χ1v) is 9.62. The molecule has 26 heavy (non-hydrogen) atoms. The van der Waals surface area contributed by atoms with Crippen molar-refractivity contribution in [3.05, 3.63) is 36.4 Å². The SMILES string of the molecule is COc1ccc(S(=O)(=O)n2cc(-c3sc(NC(C)=O)nc3C)cn2)cn1. The van der Waals surface area contributed by atoms with Crippen LogP contribution in [0.15, 0.2) is 35.6 Å². The van der Waals surface area contributed by atoms with Gasteiger partial charge in [-0.1, -0.05) is 11.3 Å². The fourth-order valence-corrected chi connectivity index (χ4v) is 4.22. The molecule has 3 aromatic rings. The van der Waals surface area contributed by atoms with Gasteiger partial charge in [0, 0.05) is 18.6 Å². The van der Waals surface area contributed by atoms with Crippen LogP contribution < -0.4 is 10.1 Å². The number of nitrogens with zero attached hydrogens (tertiary/aromatic N) is 4. The molecule has 0 unspecified atom stereocenters. The normalized spacial score (nSPS) is 11.3. The van der Waals surface area contributed by atoms with E-state index in [0.717, 1.165) is 8.96 Å². The predicted octanol–water partition coefficient (Wildman–Crippen LogP) is 1.91. The smallest absolute Gasteiger partial charge is 0.284 e. The van der Waals surface area contributed by atoms with Crippen LogP contribution in [0.4, 0.5) is 5.13 Å². The van der Waals surface area contributed by atoms with Gasteiger partial charge in [-0.3, -0.25) is 4.79 Å². The lowest BCUT2D eigenvalue weighted by molar-refractivity contribution is -0.114. The summed E-state index contributed by atoms with van der Waals surface area (Å²) in [6, 6.07) is 2.86. The van der Waals surface area contributed by atoms with E-state index < -0.39 is 10.0 Å². The first-order chi connectivity index (χ1) is 12.3. The van der Waals surface area contributed by atoms with Crippen molar-refractivity contribution in [2.24, 2.45) is 0 Å². The third kappa shape index (κ3) is 3.44. The number of nitrogens with one attached hydrogen (secondary N) is 1. The first kappa shape index (κ1) is 18.0. The Balaban J connectivity index is 1.94. The van der Waals surface area contributed by atoms with Crippen molar-refractivity contribution in [2.75, 3.05) is 12.4 Å². The second-order valence-electron chi connectivity index (χ2n) is 5.26. The largest absolute Gasteiger partial charge is 0.481 e. The Kier molecular flexibility index (Phi) is 4.74. The molecule has 0 aliphatic rings. The fraction of sp³-hybridized carbons (Fsp3) is 0.200. The molecule has 0 aliphatic heterocycles. The lowest BCUT2D eigenvalue weighted by Crippen LogP contribution is -2.13. The molecule has 0 aromatic carbocycles. The number of ether oxygens (including phenoxy) is 1. The van der Waals surface area contributed by atoms with E-state index >= 15 is 0 Å². The monoisotopic (exact) mass is 393 g/mol. The molecule has 0 saturated carbocycles. The van der Waals surface area contributed by atoms with E-state index in [4.69, 9.17) is 4.74 Å². The van der Waals surface area contributed by atoms with Gasteiger partial charge in [-0.25, -0.2) is 9.97 Å². The molecule has 3 aromatic heterocycles. The van der Waals surface area contributed by atoms with Crippen LogP contribution in [0.2, 0.25) is 0 Å². The molecular weight excluding hydrogens is 378 g/mol. The van der Waals surface area contributed by atoms with Gasteiger partial charge < -0.3 is 10.1 Å². The quantitative estimate of drug-likeness (QED) is 0.704. The van der Waals surface area contributed by atoms with Crippen LogP contribution >= 0.6 is 11.3 Å². The average molecular weight is 393 g/mol. The molecule has 9 nitrogen and oxygen atoms in total. The van der Waals surface area contributed by atoms with Gasteiger partial charge in [0.15, 0.2) is 5.13 Å². The molecule has 0 aliphatic carbocycles. The molecule has 0 bridgehead atoms. The summed E-state index contributed by atoms with van der Waals surface area (Å²) in [6.07, 6.45) is 4.05. The van der Waals surface area contributed by atoms with Crippen LogP contribution in [-0.2, 0) is 14.8 Å². The Morgan fingerprint density at radius 1 is 1.31 bits per heavy atom. The minimum absolute atomic E-state index is 0.00656. The molecular formula is C15H15N5O4S2. The van der Waals surface area contributed by atoms with Crippen molar-refractivity contribution in [2.45, 2.75) is 18.7 Å². The number of carbonyl (C=O) groups is 1. The Morgan fingerprint density at radius 2 is 2.08 bits per heavy atom. The third-order valence-electron chi connectivity index (χ3n) is 3.36. The zero-order valence-electron chi connectivity index (χ0n) is 14.1. The summed E-state index contributed by atoms with van der Waals surface area (Å²) < 4.78 is 31.1. The number of pyridine rings is 1. The number of rotatable bonds is 5. The molecule has 136 valence electrons. The standard InChI is InChI=1S/C15H15N5O4S2/c1-9-14(25-15(18-9)19-10(2)21)11-6-17-20(8-11)26(22,23)12-4-5-13(24-3)16-7-12/h4-8H,1-3H3,(H,18,19,21). The number of carbonyl (C=O) groups excluding carboxylic acids is 1. The van der Waals surface area contributed by atoms with Crippen LogP contribution in [0.3, 0.4) is 0 Å². The topological polar surface area (TPSA) is 116 Å². The van der Waals surface area contributed by atoms with Crippen molar-refractivity contribution in [1.29, 1.82) is 0 Å². The lowest BCUT2D eigenvalue weighted by Gasteiger charge is -2.04. The minimum atomic E-state index is -3.87. The summed E-state index contributed by atoms with van der Waals surface area (Å²) in [6.45, 7) is 3.17. The van der Waals surface area contributed by atoms with Gasteiger partial charge in [0.05, 0.1) is 36.3 Å². The second kappa shape index (κ2) is 6.84. The van der Waals surface area contributed by atoms with Crippen molar-refractivity contribution in [3.8, 4) is 16.3 Å². The van der Waals surface area contributed by atoms with Crippen LogP contribution in [0.25, 0.3) is 10.4 Å². The van der Waals surface area contributed by atoms with E-state index in [9.17, 15) is 13.2 Å². The first-order valence-electron chi connectivity index (χ1n) is 7.37. The molecule has 3 rings (SSSR count). The van der Waals surface area contributed by atoms with Crippen molar-refractivity contribution in [1.82, 2.24) is 19.2 Å². The minimum Gasteiger partial charge on any atom is -0.481 e. The molecule has 0 spiro atoms. The van der Waals surface area contributed by atoms with Crippen molar-refractivity contribution < 1.29 is 17.9 Å². The Bertz CT molecular complexity index is 1050. The van der Waals surface area contributed by atoms with Crippen LogP contribution in [0.1, 0.15) is 12.6 Å². The number of aryl methyl sites for hydroxylation is 1. The number of thiazole rings is 1. The van der Waals surface area contributed by atoms with E-state index in [1.54, 1.807) is 6.92 Å². The number of aromatic nitrogens is 4. The Labute approximate surface area is 153 Å². The summed E-state index contributed by atoms with van der Waals surface area (Å²) in [4.78, 5) is 20.0. The summed E-state index contributed by atoms with van der Waals surface area (Å²) in [5.41, 5.74) is 1.25. The van der Waals surface area contributed by atoms with Gasteiger partial charge >= 0.3 is 0 Å². The number of hydrogen-bond acceptors (Lipinski definition) is 8. The predicted molar refractivity (Wildman–Crippen MR) is 95.7 cm³/mol. The highest BCUT2D eigenvalue weighted by molar-refractivity contribution is 7.89. The fourth-order valence-electron chi connectivity index (χ4n) is 2.17. The number of hydrogen-bond donors (Lipinski definition) is 1. The van der Waals surface area contributed by atoms with Gasteiger partial charge in [-0.05, 0) is 13.0 Å². The van der Waals surface area contributed by atoms with E-state index in [2.05, 4.69) is 20.4 Å². The van der Waals surface area contributed by atoms with E-state index in [1.165, 1.54) is 56.1 Å². The molecule has 0 radical (unpaired) electrons. The Morgan fingerprint density at radius 3 is 2.69 bits per heavy atom. The molecule has 0 saturated heterocycles. The number of amides is 1. The van der Waals surface area contributed by atoms with Gasteiger partial charge in [-0.2, -0.15) is 17.6 Å². The number of methoxy groups -OCH3 is 1. The molecule has 1 amide bonds. The molecule has 11 heteroatoms. The summed E-state index contributed by atoms with van der Waals surface area (Å²) in [5, 5.41) is 7.01. The zero-order chi connectivity index (χ0) is 18.9. The summed E-state index contributed by atoms with van der Waals surface area (Å²) in [7, 11) is -2.43. The van der Waals surface area contributed by atoms with Gasteiger partial charge in [-0.15, -0.1) is 0 Å². The van der Waals surface area contributed by atoms with Crippen LogP contribution in [0.5, 0.6) is 5.88 Å². The van der Waals surface area contributed by atoms with Gasteiger partial charge in [0.1, 0.15) is 4.90 Å². The summed E-state index contributed by atoms with van der Waals surface area (Å²) >= 11 is 1.25. The maximum atomic E-state index is 12.7. The highest BCUT2D eigenvalue weighted by atomic mass is 32.2. The van der Waals surface area contributed by atoms with E-state index in [0.29, 0.717) is 22.3 Å². The lowest BCUT2D eigenvalue weighted by atomic mass is 10.2. The molecule has 3 heterocycles.